The van der Waals surface area contributed by atoms with E-state index >= 15 is 0 Å². The van der Waals surface area contributed by atoms with E-state index in [4.69, 9.17) is 16.2 Å². The number of hydrogen-bond donors (Lipinski definition) is 4. The smallest absolute Gasteiger partial charge is 0.174 e. The monoisotopic (exact) mass is 382 g/mol. The molecule has 6 N–H and O–H groups in total. The van der Waals surface area contributed by atoms with E-state index < -0.39 is 5.66 Å². The molecule has 0 spiro atoms. The molecule has 0 amide bonds. The van der Waals surface area contributed by atoms with E-state index in [9.17, 15) is 0 Å². The van der Waals surface area contributed by atoms with Crippen LogP contribution in [-0.4, -0.2) is 27.5 Å². The van der Waals surface area contributed by atoms with Crippen LogP contribution in [0.3, 0.4) is 0 Å². The summed E-state index contributed by atoms with van der Waals surface area (Å²) in [6.45, 7) is 4.04. The van der Waals surface area contributed by atoms with Gasteiger partial charge in [0, 0.05) is 30.0 Å². The molecule has 2 aliphatic rings. The van der Waals surface area contributed by atoms with Crippen LogP contribution in [0.1, 0.15) is 45.4 Å². The molecular formula is C21H30N6O. The Morgan fingerprint density at radius 3 is 2.61 bits per heavy atom. The quantitative estimate of drug-likeness (QED) is 0.634. The van der Waals surface area contributed by atoms with E-state index in [1.165, 1.54) is 0 Å². The molecule has 7 nitrogen and oxygen atoms in total. The number of imidazole rings is 1. The second-order valence-corrected chi connectivity index (χ2v) is 8.15. The zero-order chi connectivity index (χ0) is 19.7. The molecular weight excluding hydrogens is 352 g/mol. The number of nitrogens with zero attached hydrogens (tertiary/aromatic N) is 2. The fraction of sp³-hybridized carbons (Fsp3) is 0.476. The zero-order valence-electron chi connectivity index (χ0n) is 16.6. The lowest BCUT2D eigenvalue weighted by molar-refractivity contribution is 0.239. The summed E-state index contributed by atoms with van der Waals surface area (Å²) in [4.78, 5) is 4.48. The van der Waals surface area contributed by atoms with Gasteiger partial charge in [0.25, 0.3) is 0 Å². The Hall–Kier alpha value is -2.51. The van der Waals surface area contributed by atoms with Crippen LogP contribution in [0.2, 0.25) is 0 Å². The maximum atomic E-state index is 6.84. The Morgan fingerprint density at radius 1 is 1.21 bits per heavy atom. The van der Waals surface area contributed by atoms with Crippen molar-refractivity contribution in [3.63, 3.8) is 0 Å². The lowest BCUT2D eigenvalue weighted by Crippen LogP contribution is -2.58. The number of aromatic nitrogens is 2. The third kappa shape index (κ3) is 3.86. The minimum atomic E-state index is -0.642. The van der Waals surface area contributed by atoms with Gasteiger partial charge in [-0.1, -0.05) is 0 Å². The van der Waals surface area contributed by atoms with Crippen molar-refractivity contribution in [2.45, 2.75) is 57.3 Å². The van der Waals surface area contributed by atoms with Gasteiger partial charge in [-0.3, -0.25) is 0 Å². The van der Waals surface area contributed by atoms with Crippen LogP contribution in [0.15, 0.2) is 42.7 Å². The van der Waals surface area contributed by atoms with Crippen LogP contribution >= 0.6 is 0 Å². The van der Waals surface area contributed by atoms with Crippen LogP contribution in [0, 0.1) is 5.92 Å². The number of nitrogens with two attached hydrogens (primary N) is 2. The highest BCUT2D eigenvalue weighted by atomic mass is 16.5. The lowest BCUT2D eigenvalue weighted by Gasteiger charge is -2.42. The summed E-state index contributed by atoms with van der Waals surface area (Å²) in [6, 6.07) is 8.24. The summed E-state index contributed by atoms with van der Waals surface area (Å²) in [5, 5.41) is 3.48. The molecule has 28 heavy (non-hydrogen) atoms. The number of hydrogen-bond acceptors (Lipinski definition) is 6. The number of benzene rings is 1. The van der Waals surface area contributed by atoms with Crippen LogP contribution in [0.25, 0.3) is 5.70 Å². The second kappa shape index (κ2) is 7.48. The lowest BCUT2D eigenvalue weighted by atomic mass is 9.78. The van der Waals surface area contributed by atoms with E-state index in [2.05, 4.69) is 21.8 Å². The molecule has 0 saturated heterocycles. The summed E-state index contributed by atoms with van der Waals surface area (Å²) < 4.78 is 7.63. The Balaban J connectivity index is 1.57. The average molecular weight is 383 g/mol. The van der Waals surface area contributed by atoms with Crippen molar-refractivity contribution in [2.75, 3.05) is 10.7 Å². The van der Waals surface area contributed by atoms with Gasteiger partial charge in [0.05, 0.1) is 11.8 Å². The first-order valence-electron chi connectivity index (χ1n) is 10.1. The summed E-state index contributed by atoms with van der Waals surface area (Å²) in [5.41, 5.74) is 17.6. The molecule has 4 rings (SSSR count). The molecule has 0 bridgehead atoms. The molecule has 150 valence electrons. The maximum Gasteiger partial charge on any atom is 0.174 e. The standard InChI is InChI=1S/C21H30N6O/c1-14(2)28-18-9-7-17(8-10-18)25-19-13-21(23,15-3-5-16(22)6-4-15)26-27-12-11-24-20(19)27/h7-16,25-26H,3-6,22-23H2,1-2H3. The normalized spacial score (nSPS) is 27.0. The molecule has 2 aromatic rings. The van der Waals surface area contributed by atoms with E-state index in [-0.39, 0.29) is 6.10 Å². The number of fused-ring (bicyclic) bond motifs is 1. The van der Waals surface area contributed by atoms with Crippen molar-refractivity contribution in [3.8, 4) is 5.75 Å². The van der Waals surface area contributed by atoms with Gasteiger partial charge in [-0.15, -0.1) is 0 Å². The minimum absolute atomic E-state index is 0.153. The van der Waals surface area contributed by atoms with Gasteiger partial charge in [0.1, 0.15) is 11.4 Å². The van der Waals surface area contributed by atoms with Crippen LogP contribution in [-0.2, 0) is 0 Å². The summed E-state index contributed by atoms with van der Waals surface area (Å²) in [5.74, 6) is 1.99. The molecule has 1 unspecified atom stereocenters. The van der Waals surface area contributed by atoms with Crippen molar-refractivity contribution < 1.29 is 4.74 Å². The number of ether oxygens (including phenoxy) is 1. The molecule has 1 aromatic carbocycles. The van der Waals surface area contributed by atoms with Crippen molar-refractivity contribution in [3.05, 3.63) is 48.6 Å². The van der Waals surface area contributed by atoms with E-state index in [0.717, 1.165) is 48.6 Å². The highest BCUT2D eigenvalue weighted by Crippen LogP contribution is 2.35. The van der Waals surface area contributed by atoms with Crippen LogP contribution in [0.5, 0.6) is 5.75 Å². The van der Waals surface area contributed by atoms with Gasteiger partial charge >= 0.3 is 0 Å². The molecule has 1 aliphatic carbocycles. The van der Waals surface area contributed by atoms with Gasteiger partial charge in [0.15, 0.2) is 5.82 Å². The first kappa shape index (κ1) is 18.8. The number of anilines is 1. The highest BCUT2D eigenvalue weighted by molar-refractivity contribution is 5.76. The average Bonchev–Trinajstić information content (AvgIpc) is 3.11. The SMILES string of the molecule is CC(C)Oc1ccc(NC2=CC(N)(C3CCC(N)CC3)Nn3ccnc32)cc1. The van der Waals surface area contributed by atoms with Crippen molar-refractivity contribution in [1.29, 1.82) is 0 Å². The summed E-state index contributed by atoms with van der Waals surface area (Å²) >= 11 is 0. The highest BCUT2D eigenvalue weighted by Gasteiger charge is 2.39. The third-order valence-electron chi connectivity index (χ3n) is 5.53. The van der Waals surface area contributed by atoms with Crippen molar-refractivity contribution in [2.24, 2.45) is 17.4 Å². The second-order valence-electron chi connectivity index (χ2n) is 8.15. The Labute approximate surface area is 166 Å². The van der Waals surface area contributed by atoms with Gasteiger partial charge in [0.2, 0.25) is 0 Å². The largest absolute Gasteiger partial charge is 0.491 e. The van der Waals surface area contributed by atoms with Gasteiger partial charge in [-0.2, -0.15) is 0 Å². The summed E-state index contributed by atoms with van der Waals surface area (Å²) in [7, 11) is 0. The Kier molecular flexibility index (Phi) is 5.03. The summed E-state index contributed by atoms with van der Waals surface area (Å²) in [6.07, 6.45) is 9.96. The maximum absolute atomic E-state index is 6.84. The van der Waals surface area contributed by atoms with Crippen molar-refractivity contribution in [1.82, 2.24) is 9.66 Å². The predicted octanol–water partition coefficient (Wildman–Crippen LogP) is 2.85. The first-order valence-corrected chi connectivity index (χ1v) is 10.1. The molecule has 1 aliphatic heterocycles. The van der Waals surface area contributed by atoms with Gasteiger partial charge in [-0.05, 0) is 69.9 Å². The molecule has 7 heteroatoms. The van der Waals surface area contributed by atoms with Gasteiger partial charge in [-0.25, -0.2) is 9.66 Å². The van der Waals surface area contributed by atoms with E-state index in [1.807, 2.05) is 49.0 Å². The molecule has 1 fully saturated rings. The fourth-order valence-corrected chi connectivity index (χ4v) is 4.08. The Bertz CT molecular complexity index is 835. The van der Waals surface area contributed by atoms with E-state index in [1.54, 1.807) is 6.20 Å². The molecule has 0 radical (unpaired) electrons. The number of rotatable bonds is 5. The molecule has 1 saturated carbocycles. The third-order valence-corrected chi connectivity index (χ3v) is 5.53. The predicted molar refractivity (Wildman–Crippen MR) is 112 cm³/mol. The van der Waals surface area contributed by atoms with Gasteiger partial charge < -0.3 is 26.9 Å². The minimum Gasteiger partial charge on any atom is -0.491 e. The molecule has 1 atom stereocenters. The topological polar surface area (TPSA) is 103 Å². The Morgan fingerprint density at radius 2 is 1.93 bits per heavy atom. The van der Waals surface area contributed by atoms with Crippen LogP contribution < -0.4 is 26.9 Å². The first-order chi connectivity index (χ1) is 13.4. The van der Waals surface area contributed by atoms with Crippen LogP contribution in [0.4, 0.5) is 5.69 Å². The van der Waals surface area contributed by atoms with E-state index in [0.29, 0.717) is 12.0 Å². The zero-order valence-corrected chi connectivity index (χ0v) is 16.6. The fourth-order valence-electron chi connectivity index (χ4n) is 4.08. The molecule has 1 aromatic heterocycles. The molecule has 2 heterocycles. The number of nitrogens with one attached hydrogen (secondary N) is 2. The van der Waals surface area contributed by atoms with Crippen molar-refractivity contribution >= 4 is 11.4 Å².